The van der Waals surface area contributed by atoms with Crippen LogP contribution in [-0.2, 0) is 11.2 Å². The van der Waals surface area contributed by atoms with E-state index in [-0.39, 0.29) is 5.91 Å². The highest BCUT2D eigenvalue weighted by Gasteiger charge is 2.20. The van der Waals surface area contributed by atoms with Crippen LogP contribution in [0.5, 0.6) is 5.75 Å². The van der Waals surface area contributed by atoms with E-state index < -0.39 is 6.10 Å². The van der Waals surface area contributed by atoms with Crippen molar-refractivity contribution in [1.29, 1.82) is 0 Å². The first-order chi connectivity index (χ1) is 11.0. The minimum atomic E-state index is -0.499. The zero-order chi connectivity index (χ0) is 16.8. The lowest BCUT2D eigenvalue weighted by atomic mass is 10.1. The Bertz CT molecular complexity index is 679. The first-order valence-corrected chi connectivity index (χ1v) is 8.17. The van der Waals surface area contributed by atoms with Crippen LogP contribution in [0.4, 0.5) is 5.69 Å². The molecule has 3 nitrogen and oxygen atoms in total. The number of ether oxygens (including phenoxy) is 1. The van der Waals surface area contributed by atoms with E-state index in [1.807, 2.05) is 57.2 Å². The lowest BCUT2D eigenvalue weighted by molar-refractivity contribution is -0.122. The minimum absolute atomic E-state index is 0.103. The summed E-state index contributed by atoms with van der Waals surface area (Å²) in [5, 5.41) is 3.00. The number of hydrogen-bond donors (Lipinski definition) is 1. The van der Waals surface area contributed by atoms with E-state index in [0.717, 1.165) is 29.0 Å². The fraction of sp³-hybridized carbons (Fsp3) is 0.350. The molecule has 0 unspecified atom stereocenters. The van der Waals surface area contributed by atoms with Gasteiger partial charge in [-0.25, -0.2) is 0 Å². The van der Waals surface area contributed by atoms with Gasteiger partial charge in [0.1, 0.15) is 5.75 Å². The maximum Gasteiger partial charge on any atom is 0.265 e. The minimum Gasteiger partial charge on any atom is -0.480 e. The van der Waals surface area contributed by atoms with Crippen LogP contribution in [0.3, 0.4) is 0 Å². The molecule has 0 aliphatic rings. The SMILES string of the molecule is CCc1ccccc1NC(=O)[C@H](CC)Oc1ccc(C)cc1C. The Morgan fingerprint density at radius 1 is 1.13 bits per heavy atom. The van der Waals surface area contributed by atoms with Crippen molar-refractivity contribution in [2.75, 3.05) is 5.32 Å². The first kappa shape index (κ1) is 17.1. The molecule has 2 aromatic carbocycles. The third-order valence-corrected chi connectivity index (χ3v) is 3.92. The Balaban J connectivity index is 2.12. The lowest BCUT2D eigenvalue weighted by Crippen LogP contribution is -2.32. The van der Waals surface area contributed by atoms with Crippen molar-refractivity contribution in [3.8, 4) is 5.75 Å². The predicted octanol–water partition coefficient (Wildman–Crippen LogP) is 4.66. The fourth-order valence-electron chi connectivity index (χ4n) is 2.57. The van der Waals surface area contributed by atoms with E-state index in [4.69, 9.17) is 4.74 Å². The van der Waals surface area contributed by atoms with Gasteiger partial charge in [0, 0.05) is 5.69 Å². The average molecular weight is 311 g/mol. The van der Waals surface area contributed by atoms with Crippen molar-refractivity contribution in [3.05, 3.63) is 59.2 Å². The highest BCUT2D eigenvalue weighted by atomic mass is 16.5. The molecule has 2 aromatic rings. The number of anilines is 1. The second kappa shape index (κ2) is 7.82. The number of para-hydroxylation sites is 1. The molecule has 1 N–H and O–H groups in total. The Morgan fingerprint density at radius 3 is 2.52 bits per heavy atom. The van der Waals surface area contributed by atoms with E-state index in [2.05, 4.69) is 18.3 Å². The average Bonchev–Trinajstić information content (AvgIpc) is 2.54. The van der Waals surface area contributed by atoms with Gasteiger partial charge in [-0.3, -0.25) is 4.79 Å². The third-order valence-electron chi connectivity index (χ3n) is 3.92. The molecular weight excluding hydrogens is 286 g/mol. The number of hydrogen-bond acceptors (Lipinski definition) is 2. The van der Waals surface area contributed by atoms with Gasteiger partial charge in [0.05, 0.1) is 0 Å². The van der Waals surface area contributed by atoms with E-state index >= 15 is 0 Å². The molecule has 0 aromatic heterocycles. The molecule has 122 valence electrons. The summed E-state index contributed by atoms with van der Waals surface area (Å²) in [6.07, 6.45) is 1.000. The normalized spacial score (nSPS) is 11.8. The Labute approximate surface area is 138 Å². The third kappa shape index (κ3) is 4.35. The number of carbonyl (C=O) groups is 1. The van der Waals surface area contributed by atoms with E-state index in [1.54, 1.807) is 0 Å². The topological polar surface area (TPSA) is 38.3 Å². The summed E-state index contributed by atoms with van der Waals surface area (Å²) in [7, 11) is 0. The molecule has 0 saturated carbocycles. The standard InChI is InChI=1S/C20H25NO2/c1-5-16-9-7-8-10-17(16)21-20(22)18(6-2)23-19-12-11-14(3)13-15(19)4/h7-13,18H,5-6H2,1-4H3,(H,21,22)/t18-/m0/s1. The van der Waals surface area contributed by atoms with Gasteiger partial charge in [0.2, 0.25) is 0 Å². The van der Waals surface area contributed by atoms with Crippen molar-refractivity contribution in [2.24, 2.45) is 0 Å². The van der Waals surface area contributed by atoms with Gasteiger partial charge in [-0.05, 0) is 49.9 Å². The molecule has 0 saturated heterocycles. The van der Waals surface area contributed by atoms with Crippen molar-refractivity contribution < 1.29 is 9.53 Å². The van der Waals surface area contributed by atoms with Crippen LogP contribution in [0.25, 0.3) is 0 Å². The summed E-state index contributed by atoms with van der Waals surface area (Å²) in [6.45, 7) is 8.08. The van der Waals surface area contributed by atoms with E-state index in [9.17, 15) is 4.79 Å². The van der Waals surface area contributed by atoms with Gasteiger partial charge in [-0.2, -0.15) is 0 Å². The number of amides is 1. The van der Waals surface area contributed by atoms with Gasteiger partial charge in [-0.1, -0.05) is 49.7 Å². The van der Waals surface area contributed by atoms with E-state index in [0.29, 0.717) is 6.42 Å². The number of benzene rings is 2. The summed E-state index contributed by atoms with van der Waals surface area (Å²) in [6, 6.07) is 13.9. The second-order valence-electron chi connectivity index (χ2n) is 5.78. The predicted molar refractivity (Wildman–Crippen MR) is 95.1 cm³/mol. The highest BCUT2D eigenvalue weighted by Crippen LogP contribution is 2.22. The van der Waals surface area contributed by atoms with Gasteiger partial charge in [0.25, 0.3) is 5.91 Å². The monoisotopic (exact) mass is 311 g/mol. The number of nitrogens with one attached hydrogen (secondary N) is 1. The Morgan fingerprint density at radius 2 is 1.87 bits per heavy atom. The Kier molecular flexibility index (Phi) is 5.80. The van der Waals surface area contributed by atoms with Crippen molar-refractivity contribution in [3.63, 3.8) is 0 Å². The first-order valence-electron chi connectivity index (χ1n) is 8.17. The summed E-state index contributed by atoms with van der Waals surface area (Å²) in [5.41, 5.74) is 4.22. The lowest BCUT2D eigenvalue weighted by Gasteiger charge is -2.19. The smallest absolute Gasteiger partial charge is 0.265 e. The molecule has 3 heteroatoms. The molecule has 23 heavy (non-hydrogen) atoms. The zero-order valence-electron chi connectivity index (χ0n) is 14.3. The van der Waals surface area contributed by atoms with Crippen molar-refractivity contribution in [2.45, 2.75) is 46.6 Å². The second-order valence-corrected chi connectivity index (χ2v) is 5.78. The summed E-state index contributed by atoms with van der Waals surface area (Å²) in [5.74, 6) is 0.662. The molecule has 0 radical (unpaired) electrons. The molecule has 0 bridgehead atoms. The number of rotatable bonds is 6. The van der Waals surface area contributed by atoms with Crippen LogP contribution in [0.2, 0.25) is 0 Å². The summed E-state index contributed by atoms with van der Waals surface area (Å²) < 4.78 is 5.94. The van der Waals surface area contributed by atoms with Crippen LogP contribution in [-0.4, -0.2) is 12.0 Å². The molecule has 1 atom stereocenters. The van der Waals surface area contributed by atoms with Crippen LogP contribution in [0.1, 0.15) is 37.0 Å². The summed E-state index contributed by atoms with van der Waals surface area (Å²) >= 11 is 0. The molecule has 0 fully saturated rings. The Hall–Kier alpha value is -2.29. The van der Waals surface area contributed by atoms with Gasteiger partial charge in [-0.15, -0.1) is 0 Å². The molecule has 0 heterocycles. The zero-order valence-corrected chi connectivity index (χ0v) is 14.3. The molecule has 0 aliphatic carbocycles. The number of carbonyl (C=O) groups excluding carboxylic acids is 1. The molecule has 0 spiro atoms. The maximum atomic E-state index is 12.6. The molecule has 2 rings (SSSR count). The molecule has 1 amide bonds. The quantitative estimate of drug-likeness (QED) is 0.842. The van der Waals surface area contributed by atoms with Crippen LogP contribution in [0, 0.1) is 13.8 Å². The van der Waals surface area contributed by atoms with E-state index in [1.165, 1.54) is 5.56 Å². The van der Waals surface area contributed by atoms with Crippen molar-refractivity contribution in [1.82, 2.24) is 0 Å². The van der Waals surface area contributed by atoms with Crippen LogP contribution >= 0.6 is 0 Å². The fourth-order valence-corrected chi connectivity index (χ4v) is 2.57. The van der Waals surface area contributed by atoms with Crippen LogP contribution in [0.15, 0.2) is 42.5 Å². The van der Waals surface area contributed by atoms with Crippen LogP contribution < -0.4 is 10.1 Å². The van der Waals surface area contributed by atoms with Gasteiger partial charge in [0.15, 0.2) is 6.10 Å². The van der Waals surface area contributed by atoms with Crippen molar-refractivity contribution >= 4 is 11.6 Å². The maximum absolute atomic E-state index is 12.6. The van der Waals surface area contributed by atoms with Gasteiger partial charge >= 0.3 is 0 Å². The van der Waals surface area contributed by atoms with Gasteiger partial charge < -0.3 is 10.1 Å². The molecular formula is C20H25NO2. The summed E-state index contributed by atoms with van der Waals surface area (Å²) in [4.78, 5) is 12.6. The highest BCUT2D eigenvalue weighted by molar-refractivity contribution is 5.95. The molecule has 0 aliphatic heterocycles. The largest absolute Gasteiger partial charge is 0.480 e. The number of aryl methyl sites for hydroxylation is 3.